The first kappa shape index (κ1) is 17.5. The van der Waals surface area contributed by atoms with E-state index in [2.05, 4.69) is 23.1 Å². The zero-order chi connectivity index (χ0) is 17.6. The van der Waals surface area contributed by atoms with Crippen LogP contribution in [0.3, 0.4) is 0 Å². The summed E-state index contributed by atoms with van der Waals surface area (Å²) in [6, 6.07) is 9.25. The number of benzene rings is 1. The van der Waals surface area contributed by atoms with Crippen LogP contribution in [0.25, 0.3) is 0 Å². The summed E-state index contributed by atoms with van der Waals surface area (Å²) in [5.41, 5.74) is 2.44. The molecule has 1 fully saturated rings. The summed E-state index contributed by atoms with van der Waals surface area (Å²) in [6.45, 7) is 6.27. The van der Waals surface area contributed by atoms with Gasteiger partial charge in [-0.1, -0.05) is 25.1 Å². The molecule has 6 nitrogen and oxygen atoms in total. The molecule has 134 valence electrons. The molecule has 0 unspecified atom stereocenters. The van der Waals surface area contributed by atoms with Crippen molar-refractivity contribution in [2.24, 2.45) is 7.05 Å². The number of rotatable bonds is 4. The van der Waals surface area contributed by atoms with E-state index in [1.165, 1.54) is 5.56 Å². The molecule has 1 aromatic heterocycles. The van der Waals surface area contributed by atoms with E-state index in [0.29, 0.717) is 12.3 Å². The van der Waals surface area contributed by atoms with Gasteiger partial charge in [-0.15, -0.1) is 0 Å². The lowest BCUT2D eigenvalue weighted by atomic mass is 10.2. The van der Waals surface area contributed by atoms with Crippen molar-refractivity contribution in [2.75, 3.05) is 26.2 Å². The number of aryl methyl sites for hydroxylation is 2. The average molecular weight is 342 g/mol. The number of carbonyl (C=O) groups is 1. The van der Waals surface area contributed by atoms with Crippen LogP contribution < -0.4 is 4.74 Å². The molecular weight excluding hydrogens is 316 g/mol. The van der Waals surface area contributed by atoms with Gasteiger partial charge in [-0.2, -0.15) is 5.10 Å². The molecule has 2 aromatic rings. The minimum absolute atomic E-state index is 0.260. The highest BCUT2D eigenvalue weighted by Crippen LogP contribution is 2.15. The number of hydrogen-bond donors (Lipinski definition) is 0. The van der Waals surface area contributed by atoms with Crippen molar-refractivity contribution >= 4 is 6.09 Å². The summed E-state index contributed by atoms with van der Waals surface area (Å²) in [5.74, 6) is 0.594. The molecule has 1 aromatic carbocycles. The fourth-order valence-corrected chi connectivity index (χ4v) is 3.22. The molecule has 25 heavy (non-hydrogen) atoms. The van der Waals surface area contributed by atoms with E-state index < -0.39 is 0 Å². The van der Waals surface area contributed by atoms with E-state index in [4.69, 9.17) is 4.74 Å². The molecule has 1 amide bonds. The average Bonchev–Trinajstić information content (AvgIpc) is 2.81. The number of carbonyl (C=O) groups excluding carboxylic acids is 1. The van der Waals surface area contributed by atoms with Crippen LogP contribution in [0.15, 0.2) is 36.5 Å². The van der Waals surface area contributed by atoms with Gasteiger partial charge in [0.05, 0.1) is 5.69 Å². The Balaban J connectivity index is 1.56. The quantitative estimate of drug-likeness (QED) is 0.857. The van der Waals surface area contributed by atoms with Gasteiger partial charge in [-0.25, -0.2) is 4.79 Å². The van der Waals surface area contributed by atoms with E-state index in [1.54, 1.807) is 17.0 Å². The topological polar surface area (TPSA) is 50.6 Å². The standard InChI is InChI=1S/C19H26N4O2/c1-3-18-16(14-21(2)20-18)15-22-10-7-11-23(13-12-22)19(24)25-17-8-5-4-6-9-17/h4-6,8-9,14H,3,7,10-13,15H2,1-2H3. The van der Waals surface area contributed by atoms with Gasteiger partial charge >= 0.3 is 6.09 Å². The Morgan fingerprint density at radius 2 is 1.96 bits per heavy atom. The lowest BCUT2D eigenvalue weighted by molar-refractivity contribution is 0.153. The molecule has 0 atom stereocenters. The second-order valence-electron chi connectivity index (χ2n) is 6.43. The van der Waals surface area contributed by atoms with Crippen molar-refractivity contribution in [2.45, 2.75) is 26.3 Å². The summed E-state index contributed by atoms with van der Waals surface area (Å²) in [4.78, 5) is 16.6. The number of amides is 1. The second kappa shape index (κ2) is 8.16. The van der Waals surface area contributed by atoms with Crippen molar-refractivity contribution < 1.29 is 9.53 Å². The van der Waals surface area contributed by atoms with E-state index in [-0.39, 0.29) is 6.09 Å². The highest BCUT2D eigenvalue weighted by atomic mass is 16.6. The minimum Gasteiger partial charge on any atom is -0.410 e. The minimum atomic E-state index is -0.260. The van der Waals surface area contributed by atoms with Crippen molar-refractivity contribution in [1.82, 2.24) is 19.6 Å². The molecule has 1 aliphatic rings. The molecule has 6 heteroatoms. The highest BCUT2D eigenvalue weighted by molar-refractivity contribution is 5.70. The van der Waals surface area contributed by atoms with Crippen LogP contribution >= 0.6 is 0 Å². The number of nitrogens with zero attached hydrogens (tertiary/aromatic N) is 4. The number of aromatic nitrogens is 2. The first-order valence-corrected chi connectivity index (χ1v) is 8.91. The van der Waals surface area contributed by atoms with Gasteiger partial charge in [0.15, 0.2) is 0 Å². The van der Waals surface area contributed by atoms with Crippen LogP contribution in [0.2, 0.25) is 0 Å². The number of ether oxygens (including phenoxy) is 1. The number of hydrogen-bond acceptors (Lipinski definition) is 4. The normalized spacial score (nSPS) is 15.8. The van der Waals surface area contributed by atoms with Crippen molar-refractivity contribution in [3.63, 3.8) is 0 Å². The molecule has 0 radical (unpaired) electrons. The Bertz CT molecular complexity index is 699. The molecule has 1 saturated heterocycles. The van der Waals surface area contributed by atoms with Crippen molar-refractivity contribution in [1.29, 1.82) is 0 Å². The van der Waals surface area contributed by atoms with Gasteiger partial charge in [0, 0.05) is 51.5 Å². The third kappa shape index (κ3) is 4.60. The van der Waals surface area contributed by atoms with E-state index >= 15 is 0 Å². The van der Waals surface area contributed by atoms with E-state index in [9.17, 15) is 4.79 Å². The summed E-state index contributed by atoms with van der Waals surface area (Å²) in [6.07, 6.45) is 3.74. The Morgan fingerprint density at radius 3 is 2.72 bits per heavy atom. The molecule has 0 saturated carbocycles. The smallest absolute Gasteiger partial charge is 0.410 e. The lowest BCUT2D eigenvalue weighted by Gasteiger charge is -2.21. The zero-order valence-electron chi connectivity index (χ0n) is 15.0. The van der Waals surface area contributed by atoms with E-state index in [1.807, 2.05) is 29.9 Å². The molecule has 2 heterocycles. The SMILES string of the molecule is CCc1nn(C)cc1CN1CCCN(C(=O)Oc2ccccc2)CC1. The van der Waals surface area contributed by atoms with Crippen molar-refractivity contribution in [3.8, 4) is 5.75 Å². The summed E-state index contributed by atoms with van der Waals surface area (Å²) < 4.78 is 7.34. The van der Waals surface area contributed by atoms with Crippen LogP contribution in [-0.4, -0.2) is 51.9 Å². The maximum Gasteiger partial charge on any atom is 0.415 e. The first-order valence-electron chi connectivity index (χ1n) is 8.91. The first-order chi connectivity index (χ1) is 12.2. The largest absolute Gasteiger partial charge is 0.415 e. The summed E-state index contributed by atoms with van der Waals surface area (Å²) >= 11 is 0. The molecular formula is C19H26N4O2. The highest BCUT2D eigenvalue weighted by Gasteiger charge is 2.21. The molecule has 0 N–H and O–H groups in total. The van der Waals surface area contributed by atoms with Gasteiger partial charge in [0.25, 0.3) is 0 Å². The predicted molar refractivity (Wildman–Crippen MR) is 96.5 cm³/mol. The monoisotopic (exact) mass is 342 g/mol. The van der Waals surface area contributed by atoms with Gasteiger partial charge in [-0.3, -0.25) is 9.58 Å². The molecule has 1 aliphatic heterocycles. The fourth-order valence-electron chi connectivity index (χ4n) is 3.22. The zero-order valence-corrected chi connectivity index (χ0v) is 15.0. The molecule has 0 bridgehead atoms. The fraction of sp³-hybridized carbons (Fsp3) is 0.474. The maximum absolute atomic E-state index is 12.4. The lowest BCUT2D eigenvalue weighted by Crippen LogP contribution is -2.37. The second-order valence-corrected chi connectivity index (χ2v) is 6.43. The Morgan fingerprint density at radius 1 is 1.16 bits per heavy atom. The van der Waals surface area contributed by atoms with Gasteiger partial charge in [-0.05, 0) is 25.0 Å². The van der Waals surface area contributed by atoms with E-state index in [0.717, 1.165) is 44.7 Å². The maximum atomic E-state index is 12.4. The van der Waals surface area contributed by atoms with Crippen molar-refractivity contribution in [3.05, 3.63) is 47.8 Å². The Kier molecular flexibility index (Phi) is 5.71. The predicted octanol–water partition coefficient (Wildman–Crippen LogP) is 2.69. The van der Waals surface area contributed by atoms with Crippen LogP contribution in [0, 0.1) is 0 Å². The molecule has 0 spiro atoms. The third-order valence-electron chi connectivity index (χ3n) is 4.52. The van der Waals surface area contributed by atoms with Crippen LogP contribution in [0.5, 0.6) is 5.75 Å². The van der Waals surface area contributed by atoms with Gasteiger partial charge in [0.2, 0.25) is 0 Å². The van der Waals surface area contributed by atoms with Gasteiger partial charge in [0.1, 0.15) is 5.75 Å². The van der Waals surface area contributed by atoms with Crippen LogP contribution in [0.4, 0.5) is 4.79 Å². The van der Waals surface area contributed by atoms with Gasteiger partial charge < -0.3 is 9.64 Å². The molecule has 0 aliphatic carbocycles. The summed E-state index contributed by atoms with van der Waals surface area (Å²) in [5, 5.41) is 4.51. The third-order valence-corrected chi connectivity index (χ3v) is 4.52. The summed E-state index contributed by atoms with van der Waals surface area (Å²) in [7, 11) is 1.96. The Hall–Kier alpha value is -2.34. The van der Waals surface area contributed by atoms with Crippen LogP contribution in [0.1, 0.15) is 24.6 Å². The number of para-hydroxylation sites is 1. The Labute approximate surface area is 149 Å². The molecule has 3 rings (SSSR count). The van der Waals surface area contributed by atoms with Crippen LogP contribution in [-0.2, 0) is 20.0 Å².